The van der Waals surface area contributed by atoms with Crippen molar-refractivity contribution in [3.05, 3.63) is 36.0 Å². The fourth-order valence-corrected chi connectivity index (χ4v) is 4.51. The Kier molecular flexibility index (Phi) is 7.86. The van der Waals surface area contributed by atoms with Gasteiger partial charge in [0.2, 0.25) is 0 Å². The van der Waals surface area contributed by atoms with Gasteiger partial charge in [0.05, 0.1) is 50.3 Å². The number of likely N-dealkylation sites (tertiary alicyclic amines) is 1. The molecule has 0 aliphatic carbocycles. The number of aromatic nitrogens is 6. The molecule has 0 aromatic carbocycles. The third-order valence-electron chi connectivity index (χ3n) is 6.30. The monoisotopic (exact) mass is 469 g/mol. The molecular formula is C23H31N7O4. The maximum Gasteiger partial charge on any atom is 0.316 e. The van der Waals surface area contributed by atoms with Crippen molar-refractivity contribution in [2.75, 3.05) is 40.5 Å². The Morgan fingerprint density at radius 3 is 2.59 bits per heavy atom. The first kappa shape index (κ1) is 23.8. The van der Waals surface area contributed by atoms with Crippen LogP contribution in [0.5, 0.6) is 6.01 Å². The number of hydrogen-bond donors (Lipinski definition) is 1. The summed E-state index contributed by atoms with van der Waals surface area (Å²) < 4.78 is 14.9. The smallest absolute Gasteiger partial charge is 0.316 e. The number of hydrogen-bond acceptors (Lipinski definition) is 8. The van der Waals surface area contributed by atoms with Crippen molar-refractivity contribution in [1.29, 1.82) is 0 Å². The Morgan fingerprint density at radius 2 is 1.88 bits per heavy atom. The number of carboxylic acid groups (broad SMARTS) is 1. The summed E-state index contributed by atoms with van der Waals surface area (Å²) in [6.45, 7) is 4.44. The van der Waals surface area contributed by atoms with Gasteiger partial charge in [-0.3, -0.25) is 9.48 Å². The molecule has 1 N–H and O–H groups in total. The number of methoxy groups -OCH3 is 1. The zero-order chi connectivity index (χ0) is 23.9. The maximum atomic E-state index is 8.36. The molecule has 5 rings (SSSR count). The van der Waals surface area contributed by atoms with Crippen LogP contribution in [0.4, 0.5) is 0 Å². The molecule has 34 heavy (non-hydrogen) atoms. The lowest BCUT2D eigenvalue weighted by Gasteiger charge is -2.28. The molecule has 5 heterocycles. The highest BCUT2D eigenvalue weighted by Crippen LogP contribution is 2.30. The van der Waals surface area contributed by atoms with E-state index in [1.54, 1.807) is 19.5 Å². The van der Waals surface area contributed by atoms with E-state index in [4.69, 9.17) is 24.5 Å². The Morgan fingerprint density at radius 1 is 1.18 bits per heavy atom. The van der Waals surface area contributed by atoms with Crippen molar-refractivity contribution >= 4 is 6.47 Å². The zero-order valence-electron chi connectivity index (χ0n) is 19.6. The second-order valence-electron chi connectivity index (χ2n) is 8.53. The van der Waals surface area contributed by atoms with Crippen LogP contribution >= 0.6 is 0 Å². The van der Waals surface area contributed by atoms with Crippen LogP contribution in [0.1, 0.15) is 24.1 Å². The van der Waals surface area contributed by atoms with Crippen LogP contribution in [-0.2, 0) is 28.9 Å². The van der Waals surface area contributed by atoms with Gasteiger partial charge in [-0.05, 0) is 45.3 Å². The summed E-state index contributed by atoms with van der Waals surface area (Å²) in [5, 5.41) is 16.5. The molecule has 11 nitrogen and oxygen atoms in total. The molecule has 0 amide bonds. The first-order valence-corrected chi connectivity index (χ1v) is 11.5. The number of rotatable bonds is 5. The van der Waals surface area contributed by atoms with Crippen molar-refractivity contribution in [2.45, 2.75) is 32.2 Å². The van der Waals surface area contributed by atoms with Crippen LogP contribution in [-0.4, -0.2) is 86.5 Å². The highest BCUT2D eigenvalue weighted by molar-refractivity contribution is 5.64. The van der Waals surface area contributed by atoms with Gasteiger partial charge in [0.15, 0.2) is 0 Å². The van der Waals surface area contributed by atoms with Crippen LogP contribution in [0.25, 0.3) is 16.9 Å². The standard InChI is InChI=1S/C22H29N7O2.CH2O2/c1-27-7-3-16(4-8-27)14-28-15-17(11-25-28)21-19-5-9-31-10-6-20(19)29(26-21)18-12-23-22(30-2)24-13-18;2-1-3/h11-13,15-16H,3-10,14H2,1-2H3;1H,(H,2,3). The number of ether oxygens (including phenoxy) is 2. The summed E-state index contributed by atoms with van der Waals surface area (Å²) >= 11 is 0. The molecule has 3 aromatic rings. The van der Waals surface area contributed by atoms with Crippen molar-refractivity contribution in [3.63, 3.8) is 0 Å². The molecule has 0 atom stereocenters. The average Bonchev–Trinajstić information content (AvgIpc) is 3.38. The molecule has 182 valence electrons. The van der Waals surface area contributed by atoms with Gasteiger partial charge in [-0.1, -0.05) is 0 Å². The molecule has 1 fully saturated rings. The molecule has 1 saturated heterocycles. The Hall–Kier alpha value is -3.31. The largest absolute Gasteiger partial charge is 0.483 e. The second-order valence-corrected chi connectivity index (χ2v) is 8.53. The molecule has 2 aliphatic rings. The topological polar surface area (TPSA) is 120 Å². The summed E-state index contributed by atoms with van der Waals surface area (Å²) in [5.41, 5.74) is 5.24. The van der Waals surface area contributed by atoms with E-state index in [0.717, 1.165) is 42.0 Å². The molecule has 0 bridgehead atoms. The van der Waals surface area contributed by atoms with E-state index in [0.29, 0.717) is 25.1 Å². The SMILES string of the molecule is COc1ncc(-n2nc(-c3cnn(CC4CCN(C)CC4)c3)c3c2CCOCC3)cn1.O=CO. The van der Waals surface area contributed by atoms with Gasteiger partial charge in [0, 0.05) is 30.3 Å². The molecule has 0 unspecified atom stereocenters. The van der Waals surface area contributed by atoms with Crippen molar-refractivity contribution < 1.29 is 19.4 Å². The number of fused-ring (bicyclic) bond motifs is 1. The molecule has 3 aromatic heterocycles. The lowest BCUT2D eigenvalue weighted by atomic mass is 9.97. The molecule has 2 aliphatic heterocycles. The van der Waals surface area contributed by atoms with E-state index in [1.807, 2.05) is 10.9 Å². The highest BCUT2D eigenvalue weighted by Gasteiger charge is 2.24. The quantitative estimate of drug-likeness (QED) is 0.557. The van der Waals surface area contributed by atoms with Crippen LogP contribution < -0.4 is 4.74 Å². The summed E-state index contributed by atoms with van der Waals surface area (Å²) in [6.07, 6.45) is 11.7. The minimum atomic E-state index is -0.250. The predicted molar refractivity (Wildman–Crippen MR) is 124 cm³/mol. The third kappa shape index (κ3) is 5.42. The van der Waals surface area contributed by atoms with Gasteiger partial charge in [0.25, 0.3) is 6.47 Å². The van der Waals surface area contributed by atoms with Gasteiger partial charge < -0.3 is 19.5 Å². The normalized spacial score (nSPS) is 16.8. The van der Waals surface area contributed by atoms with Gasteiger partial charge in [0.1, 0.15) is 5.69 Å². The average molecular weight is 470 g/mol. The summed E-state index contributed by atoms with van der Waals surface area (Å²) in [6, 6.07) is 0.348. The fraction of sp³-hybridized carbons (Fsp3) is 0.522. The first-order valence-electron chi connectivity index (χ1n) is 11.5. The summed E-state index contributed by atoms with van der Waals surface area (Å²) in [5.74, 6) is 0.684. The fourth-order valence-electron chi connectivity index (χ4n) is 4.51. The number of carbonyl (C=O) groups is 1. The van der Waals surface area contributed by atoms with Crippen LogP contribution in [0.3, 0.4) is 0 Å². The zero-order valence-corrected chi connectivity index (χ0v) is 19.6. The molecule has 0 spiro atoms. The number of piperidine rings is 1. The van der Waals surface area contributed by atoms with Crippen molar-refractivity contribution in [1.82, 2.24) is 34.4 Å². The molecule has 11 heteroatoms. The Bertz CT molecular complexity index is 1070. The Labute approximate surface area is 198 Å². The minimum absolute atomic E-state index is 0.250. The first-order chi connectivity index (χ1) is 16.6. The lowest BCUT2D eigenvalue weighted by Crippen LogP contribution is -2.31. The second kappa shape index (κ2) is 11.2. The van der Waals surface area contributed by atoms with E-state index >= 15 is 0 Å². The Balaban J connectivity index is 0.000000868. The lowest BCUT2D eigenvalue weighted by molar-refractivity contribution is -0.122. The van der Waals surface area contributed by atoms with Crippen molar-refractivity contribution in [3.8, 4) is 23.0 Å². The van der Waals surface area contributed by atoms with E-state index < -0.39 is 0 Å². The summed E-state index contributed by atoms with van der Waals surface area (Å²) in [7, 11) is 3.76. The van der Waals surface area contributed by atoms with E-state index in [1.165, 1.54) is 31.5 Å². The minimum Gasteiger partial charge on any atom is -0.483 e. The van der Waals surface area contributed by atoms with E-state index in [9.17, 15) is 0 Å². The third-order valence-corrected chi connectivity index (χ3v) is 6.30. The highest BCUT2D eigenvalue weighted by atomic mass is 16.5. The number of nitrogens with zero attached hydrogens (tertiary/aromatic N) is 7. The van der Waals surface area contributed by atoms with E-state index in [2.05, 4.69) is 37.9 Å². The van der Waals surface area contributed by atoms with Crippen LogP contribution in [0.15, 0.2) is 24.8 Å². The van der Waals surface area contributed by atoms with Crippen LogP contribution in [0, 0.1) is 5.92 Å². The molecule has 0 radical (unpaired) electrons. The van der Waals surface area contributed by atoms with E-state index in [-0.39, 0.29) is 6.47 Å². The maximum absolute atomic E-state index is 8.36. The van der Waals surface area contributed by atoms with Gasteiger partial charge in [-0.25, -0.2) is 14.6 Å². The molecular weight excluding hydrogens is 438 g/mol. The van der Waals surface area contributed by atoms with Gasteiger partial charge in [-0.2, -0.15) is 10.2 Å². The van der Waals surface area contributed by atoms with Gasteiger partial charge in [-0.15, -0.1) is 0 Å². The summed E-state index contributed by atoms with van der Waals surface area (Å²) in [4.78, 5) is 19.3. The van der Waals surface area contributed by atoms with Crippen molar-refractivity contribution in [2.24, 2.45) is 5.92 Å². The van der Waals surface area contributed by atoms with Crippen LogP contribution in [0.2, 0.25) is 0 Å². The predicted octanol–water partition coefficient (Wildman–Crippen LogP) is 1.69. The molecule has 0 saturated carbocycles. The van der Waals surface area contributed by atoms with Gasteiger partial charge >= 0.3 is 6.01 Å².